The lowest BCUT2D eigenvalue weighted by Crippen LogP contribution is -2.31. The molecule has 0 saturated heterocycles. The first kappa shape index (κ1) is 27.4. The summed E-state index contributed by atoms with van der Waals surface area (Å²) < 4.78 is 0. The third kappa shape index (κ3) is 4.29. The fraction of sp³-hybridized carbons (Fsp3) is 0.200. The third-order valence-corrected chi connectivity index (χ3v) is 11.1. The maximum absolute atomic E-state index is 10.1. The number of allylic oxidation sites excluding steroid dienone is 14. The quantitative estimate of drug-likeness (QED) is 0.249. The highest BCUT2D eigenvalue weighted by Gasteiger charge is 2.48. The van der Waals surface area contributed by atoms with E-state index in [1.54, 1.807) is 0 Å². The molecule has 0 radical (unpaired) electrons. The van der Waals surface area contributed by atoms with Crippen LogP contribution in [0.15, 0.2) is 167 Å². The van der Waals surface area contributed by atoms with Crippen molar-refractivity contribution in [2.24, 2.45) is 5.92 Å². The highest BCUT2D eigenvalue weighted by atomic mass is 16.3. The SMILES string of the molecule is OC1=CC=C2C=C(C3=CC4=C(CC3)c3ccc(-c5ccc6ccccc6c5)cc3C4(C3=CCCC=C3)c3ccccc3)CCC2C1. The molecule has 1 N–H and O–H groups in total. The zero-order valence-electron chi connectivity index (χ0n) is 26.2. The molecule has 0 bridgehead atoms. The largest absolute Gasteiger partial charge is 0.512 e. The molecule has 0 spiro atoms. The monoisotopic (exact) mass is 594 g/mol. The average molecular weight is 595 g/mol. The number of rotatable bonds is 4. The molecular weight excluding hydrogens is 556 g/mol. The van der Waals surface area contributed by atoms with Gasteiger partial charge in [0.15, 0.2) is 0 Å². The topological polar surface area (TPSA) is 20.2 Å². The van der Waals surface area contributed by atoms with Gasteiger partial charge in [-0.25, -0.2) is 0 Å². The van der Waals surface area contributed by atoms with Crippen LogP contribution in [0, 0.1) is 5.92 Å². The lowest BCUT2D eigenvalue weighted by Gasteiger charge is -2.38. The minimum Gasteiger partial charge on any atom is -0.512 e. The summed E-state index contributed by atoms with van der Waals surface area (Å²) in [6, 6.07) is 34.1. The van der Waals surface area contributed by atoms with E-state index in [9.17, 15) is 5.11 Å². The van der Waals surface area contributed by atoms with Gasteiger partial charge in [0.25, 0.3) is 0 Å². The van der Waals surface area contributed by atoms with E-state index < -0.39 is 0 Å². The van der Waals surface area contributed by atoms with Crippen molar-refractivity contribution in [3.63, 3.8) is 0 Å². The molecular formula is C45H38O. The first-order chi connectivity index (χ1) is 22.7. The van der Waals surface area contributed by atoms with Crippen LogP contribution in [0.25, 0.3) is 27.5 Å². The van der Waals surface area contributed by atoms with Gasteiger partial charge in [-0.05, 0) is 135 Å². The van der Waals surface area contributed by atoms with Gasteiger partial charge >= 0.3 is 0 Å². The van der Waals surface area contributed by atoms with Gasteiger partial charge in [0, 0.05) is 6.42 Å². The van der Waals surface area contributed by atoms with Crippen molar-refractivity contribution in [2.75, 3.05) is 0 Å². The lowest BCUT2D eigenvalue weighted by molar-refractivity contribution is 0.352. The van der Waals surface area contributed by atoms with Crippen molar-refractivity contribution in [2.45, 2.75) is 50.4 Å². The first-order valence-electron chi connectivity index (χ1n) is 17.0. The van der Waals surface area contributed by atoms with Crippen LogP contribution < -0.4 is 0 Å². The van der Waals surface area contributed by atoms with E-state index in [-0.39, 0.29) is 5.41 Å². The summed E-state index contributed by atoms with van der Waals surface area (Å²) in [6.07, 6.45) is 23.6. The van der Waals surface area contributed by atoms with Crippen molar-refractivity contribution >= 4 is 16.3 Å². The standard InChI is InChI=1S/C45H38O/c46-40-22-19-34-26-33(17-18-35(34)27-40)37-21-24-42-41-23-20-36(32-16-15-30-9-7-8-10-31(30)25-32)28-43(41)45(44(42)29-37,38-11-3-1-4-12-38)39-13-5-2-6-14-39/h1,3-5,7-16,19-20,22-23,25-26,28-29,35,46H,2,6,17-18,21,24,27H2. The second-order valence-corrected chi connectivity index (χ2v) is 13.6. The smallest absolute Gasteiger partial charge is 0.0928 e. The zero-order valence-corrected chi connectivity index (χ0v) is 26.2. The molecule has 224 valence electrons. The Balaban J connectivity index is 1.25. The molecule has 0 aromatic heterocycles. The van der Waals surface area contributed by atoms with E-state index >= 15 is 0 Å². The van der Waals surface area contributed by atoms with Crippen molar-refractivity contribution < 1.29 is 5.11 Å². The number of aliphatic hydroxyl groups excluding tert-OH is 1. The molecule has 1 nitrogen and oxygen atoms in total. The molecule has 0 aliphatic heterocycles. The van der Waals surface area contributed by atoms with E-state index in [1.807, 2.05) is 6.08 Å². The molecule has 1 heteroatoms. The maximum atomic E-state index is 10.1. The molecule has 0 amide bonds. The molecule has 0 fully saturated rings. The van der Waals surface area contributed by atoms with Crippen LogP contribution >= 0.6 is 0 Å². The molecule has 4 aromatic carbocycles. The predicted octanol–water partition coefficient (Wildman–Crippen LogP) is 11.7. The van der Waals surface area contributed by atoms with Crippen LogP contribution in [0.2, 0.25) is 0 Å². The van der Waals surface area contributed by atoms with E-state index in [0.717, 1.165) is 44.9 Å². The van der Waals surface area contributed by atoms with Crippen molar-refractivity contribution in [3.8, 4) is 11.1 Å². The highest BCUT2D eigenvalue weighted by molar-refractivity contribution is 5.92. The molecule has 5 aliphatic rings. The summed E-state index contributed by atoms with van der Waals surface area (Å²) >= 11 is 0. The van der Waals surface area contributed by atoms with Crippen molar-refractivity contribution in [1.29, 1.82) is 0 Å². The molecule has 2 unspecified atom stereocenters. The number of hydrogen-bond donors (Lipinski definition) is 1. The summed E-state index contributed by atoms with van der Waals surface area (Å²) in [6.45, 7) is 0. The summed E-state index contributed by atoms with van der Waals surface area (Å²) in [4.78, 5) is 0. The second-order valence-electron chi connectivity index (χ2n) is 13.6. The van der Waals surface area contributed by atoms with Crippen molar-refractivity contribution in [1.82, 2.24) is 0 Å². The normalized spacial score (nSPS) is 23.5. The predicted molar refractivity (Wildman–Crippen MR) is 192 cm³/mol. The van der Waals surface area contributed by atoms with Gasteiger partial charge in [0.1, 0.15) is 0 Å². The van der Waals surface area contributed by atoms with E-state index in [0.29, 0.717) is 11.7 Å². The fourth-order valence-electron chi connectivity index (χ4n) is 8.83. The first-order valence-corrected chi connectivity index (χ1v) is 17.0. The summed E-state index contributed by atoms with van der Waals surface area (Å²) in [5.74, 6) is 0.962. The van der Waals surface area contributed by atoms with Crippen LogP contribution in [-0.2, 0) is 5.41 Å². The lowest BCUT2D eigenvalue weighted by atomic mass is 9.64. The van der Waals surface area contributed by atoms with E-state index in [1.165, 1.54) is 72.0 Å². The Hall–Kier alpha value is -4.88. The van der Waals surface area contributed by atoms with Crippen LogP contribution in [0.5, 0.6) is 0 Å². The fourth-order valence-corrected chi connectivity index (χ4v) is 8.83. The van der Waals surface area contributed by atoms with Gasteiger partial charge in [-0.1, -0.05) is 115 Å². The Morgan fingerprint density at radius 3 is 2.37 bits per heavy atom. The van der Waals surface area contributed by atoms with Crippen LogP contribution in [0.4, 0.5) is 0 Å². The Morgan fingerprint density at radius 1 is 0.696 bits per heavy atom. The van der Waals surface area contributed by atoms with Gasteiger partial charge in [0.05, 0.1) is 11.2 Å². The highest BCUT2D eigenvalue weighted by Crippen LogP contribution is 2.59. The number of benzene rings is 4. The summed E-state index contributed by atoms with van der Waals surface area (Å²) in [5.41, 5.74) is 15.1. The number of aliphatic hydroxyl groups is 1. The maximum Gasteiger partial charge on any atom is 0.0928 e. The van der Waals surface area contributed by atoms with Crippen LogP contribution in [0.3, 0.4) is 0 Å². The second kappa shape index (κ2) is 10.9. The molecule has 46 heavy (non-hydrogen) atoms. The van der Waals surface area contributed by atoms with Crippen LogP contribution in [0.1, 0.15) is 61.6 Å². The Labute approximate surface area is 272 Å². The Bertz CT molecular complexity index is 2130. The van der Waals surface area contributed by atoms with Gasteiger partial charge in [0.2, 0.25) is 0 Å². The molecule has 0 saturated carbocycles. The molecule has 2 atom stereocenters. The summed E-state index contributed by atoms with van der Waals surface area (Å²) in [5, 5.41) is 12.7. The molecule has 9 rings (SSSR count). The molecule has 5 aliphatic carbocycles. The Morgan fingerprint density at radius 2 is 1.50 bits per heavy atom. The average Bonchev–Trinajstić information content (AvgIpc) is 3.41. The van der Waals surface area contributed by atoms with Gasteiger partial charge in [-0.3, -0.25) is 0 Å². The number of hydrogen-bond acceptors (Lipinski definition) is 1. The minimum absolute atomic E-state index is 0.363. The summed E-state index contributed by atoms with van der Waals surface area (Å²) in [7, 11) is 0. The Kier molecular flexibility index (Phi) is 6.49. The zero-order chi connectivity index (χ0) is 30.7. The van der Waals surface area contributed by atoms with Crippen molar-refractivity contribution in [3.05, 3.63) is 184 Å². The van der Waals surface area contributed by atoms with Crippen LogP contribution in [-0.4, -0.2) is 5.11 Å². The van der Waals surface area contributed by atoms with Gasteiger partial charge in [-0.2, -0.15) is 0 Å². The minimum atomic E-state index is -0.363. The van der Waals surface area contributed by atoms with E-state index in [4.69, 9.17) is 0 Å². The number of fused-ring (bicyclic) bond motifs is 4. The van der Waals surface area contributed by atoms with Gasteiger partial charge < -0.3 is 5.11 Å². The van der Waals surface area contributed by atoms with Gasteiger partial charge in [-0.15, -0.1) is 0 Å². The third-order valence-electron chi connectivity index (χ3n) is 11.1. The molecule has 4 aromatic rings. The molecule has 0 heterocycles. The van der Waals surface area contributed by atoms with E-state index in [2.05, 4.69) is 127 Å².